The van der Waals surface area contributed by atoms with Crippen molar-refractivity contribution in [2.45, 2.75) is 58.3 Å². The maximum Gasteiger partial charge on any atom is 0.252 e. The van der Waals surface area contributed by atoms with Gasteiger partial charge >= 0.3 is 0 Å². The summed E-state index contributed by atoms with van der Waals surface area (Å²) in [5.74, 6) is 1.89. The van der Waals surface area contributed by atoms with Gasteiger partial charge in [-0.1, -0.05) is 57.6 Å². The second-order valence-electron chi connectivity index (χ2n) is 6.18. The third-order valence-electron chi connectivity index (χ3n) is 4.69. The van der Waals surface area contributed by atoms with Gasteiger partial charge in [-0.2, -0.15) is 0 Å². The zero-order valence-electron chi connectivity index (χ0n) is 12.4. The summed E-state index contributed by atoms with van der Waals surface area (Å²) < 4.78 is 0. The Morgan fingerprint density at radius 1 is 1.05 bits per heavy atom. The lowest BCUT2D eigenvalue weighted by Gasteiger charge is -2.28. The first-order valence-corrected chi connectivity index (χ1v) is 8.35. The highest BCUT2D eigenvalue weighted by atomic mass is 35.5. The second-order valence-corrected chi connectivity index (χ2v) is 6.53. The van der Waals surface area contributed by atoms with Gasteiger partial charge in [-0.05, 0) is 54.0 Å². The third kappa shape index (κ3) is 4.63. The predicted molar refractivity (Wildman–Crippen MR) is 85.3 cm³/mol. The Morgan fingerprint density at radius 3 is 2.10 bits per heavy atom. The predicted octanol–water partition coefficient (Wildman–Crippen LogP) is 5.60. The molecule has 0 unspecified atom stereocenters. The van der Waals surface area contributed by atoms with E-state index in [-0.39, 0.29) is 5.24 Å². The van der Waals surface area contributed by atoms with Crippen molar-refractivity contribution in [3.63, 3.8) is 0 Å². The van der Waals surface area contributed by atoms with Crippen LogP contribution >= 0.6 is 11.6 Å². The highest BCUT2D eigenvalue weighted by Gasteiger charge is 2.20. The first-order chi connectivity index (χ1) is 9.69. The average Bonchev–Trinajstić information content (AvgIpc) is 2.47. The minimum atomic E-state index is -0.370. The Balaban J connectivity index is 1.74. The molecule has 0 bridgehead atoms. The van der Waals surface area contributed by atoms with E-state index >= 15 is 0 Å². The lowest BCUT2D eigenvalue weighted by molar-refractivity contribution is 0.108. The number of aryl methyl sites for hydroxylation is 1. The number of carbonyl (C=O) groups is 1. The van der Waals surface area contributed by atoms with Gasteiger partial charge in [0.1, 0.15) is 0 Å². The van der Waals surface area contributed by atoms with Crippen LogP contribution in [0.4, 0.5) is 0 Å². The molecule has 2 heteroatoms. The maximum atomic E-state index is 11.0. The molecule has 0 atom stereocenters. The molecule has 0 aromatic heterocycles. The summed E-state index contributed by atoms with van der Waals surface area (Å²) in [5.41, 5.74) is 1.91. The Bertz CT molecular complexity index is 416. The van der Waals surface area contributed by atoms with Gasteiger partial charge < -0.3 is 0 Å². The first kappa shape index (κ1) is 15.6. The zero-order valence-corrected chi connectivity index (χ0v) is 13.2. The van der Waals surface area contributed by atoms with E-state index in [9.17, 15) is 4.79 Å². The van der Waals surface area contributed by atoms with Crippen LogP contribution in [-0.4, -0.2) is 5.24 Å². The van der Waals surface area contributed by atoms with Gasteiger partial charge in [0, 0.05) is 5.56 Å². The fourth-order valence-corrected chi connectivity index (χ4v) is 3.52. The molecule has 0 N–H and O–H groups in total. The first-order valence-electron chi connectivity index (χ1n) is 7.97. The van der Waals surface area contributed by atoms with Crippen molar-refractivity contribution < 1.29 is 4.79 Å². The van der Waals surface area contributed by atoms with Crippen molar-refractivity contribution in [3.8, 4) is 0 Å². The molecular weight excluding hydrogens is 268 g/mol. The monoisotopic (exact) mass is 292 g/mol. The van der Waals surface area contributed by atoms with Crippen LogP contribution in [-0.2, 0) is 6.42 Å². The molecule has 1 aliphatic carbocycles. The van der Waals surface area contributed by atoms with E-state index in [1.165, 1.54) is 50.5 Å². The topological polar surface area (TPSA) is 17.1 Å². The van der Waals surface area contributed by atoms with Gasteiger partial charge in [0.05, 0.1) is 0 Å². The molecule has 1 fully saturated rings. The van der Waals surface area contributed by atoms with Crippen molar-refractivity contribution in [1.82, 2.24) is 0 Å². The summed E-state index contributed by atoms with van der Waals surface area (Å²) in [6, 6.07) is 7.75. The largest absolute Gasteiger partial charge is 0.276 e. The molecule has 0 radical (unpaired) electrons. The quantitative estimate of drug-likeness (QED) is 0.623. The number of hydrogen-bond acceptors (Lipinski definition) is 1. The summed E-state index contributed by atoms with van der Waals surface area (Å²) in [6.07, 6.45) is 10.8. The molecule has 0 heterocycles. The summed E-state index contributed by atoms with van der Waals surface area (Å²) in [6.45, 7) is 2.29. The molecule has 20 heavy (non-hydrogen) atoms. The van der Waals surface area contributed by atoms with Crippen LogP contribution in [0.3, 0.4) is 0 Å². The highest BCUT2D eigenvalue weighted by Crippen LogP contribution is 2.33. The standard InChI is InChI=1S/C18H25ClO/c1-2-3-14-4-6-15(7-5-14)8-9-16-10-12-17(13-11-16)18(19)20/h10-15H,2-9H2,1H3. The Labute approximate surface area is 127 Å². The van der Waals surface area contributed by atoms with Gasteiger partial charge in [0.15, 0.2) is 0 Å². The molecule has 1 aromatic rings. The molecule has 1 aliphatic rings. The van der Waals surface area contributed by atoms with E-state index in [0.29, 0.717) is 5.56 Å². The van der Waals surface area contributed by atoms with Gasteiger partial charge in [-0.3, -0.25) is 4.79 Å². The van der Waals surface area contributed by atoms with Crippen LogP contribution < -0.4 is 0 Å². The van der Waals surface area contributed by atoms with Gasteiger partial charge in [0.2, 0.25) is 0 Å². The van der Waals surface area contributed by atoms with Gasteiger partial charge in [0.25, 0.3) is 5.24 Å². The number of carbonyl (C=O) groups excluding carboxylic acids is 1. The van der Waals surface area contributed by atoms with Gasteiger partial charge in [-0.15, -0.1) is 0 Å². The number of halogens is 1. The molecule has 1 aromatic carbocycles. The summed E-state index contributed by atoms with van der Waals surface area (Å²) in [5, 5.41) is -0.370. The minimum absolute atomic E-state index is 0.370. The van der Waals surface area contributed by atoms with E-state index in [1.807, 2.05) is 24.3 Å². The highest BCUT2D eigenvalue weighted by molar-refractivity contribution is 6.67. The molecule has 110 valence electrons. The smallest absolute Gasteiger partial charge is 0.252 e. The molecule has 0 spiro atoms. The Kier molecular flexibility index (Phi) is 6.09. The van der Waals surface area contributed by atoms with Crippen molar-refractivity contribution >= 4 is 16.8 Å². The van der Waals surface area contributed by atoms with Crippen LogP contribution in [0.25, 0.3) is 0 Å². The molecule has 1 saturated carbocycles. The van der Waals surface area contributed by atoms with E-state index in [0.717, 1.165) is 18.3 Å². The minimum Gasteiger partial charge on any atom is -0.276 e. The van der Waals surface area contributed by atoms with E-state index < -0.39 is 0 Å². The maximum absolute atomic E-state index is 11.0. The molecule has 0 amide bonds. The average molecular weight is 293 g/mol. The molecule has 0 saturated heterocycles. The normalized spacial score (nSPS) is 22.7. The summed E-state index contributed by atoms with van der Waals surface area (Å²) >= 11 is 5.45. The summed E-state index contributed by atoms with van der Waals surface area (Å²) in [4.78, 5) is 11.0. The van der Waals surface area contributed by atoms with Crippen LogP contribution in [0, 0.1) is 11.8 Å². The lowest BCUT2D eigenvalue weighted by Crippen LogP contribution is -2.15. The SMILES string of the molecule is CCCC1CCC(CCc2ccc(C(=O)Cl)cc2)CC1. The summed E-state index contributed by atoms with van der Waals surface area (Å²) in [7, 11) is 0. The Morgan fingerprint density at radius 2 is 1.60 bits per heavy atom. The fourth-order valence-electron chi connectivity index (χ4n) is 3.39. The zero-order chi connectivity index (χ0) is 14.4. The lowest BCUT2D eigenvalue weighted by atomic mass is 9.78. The van der Waals surface area contributed by atoms with Crippen LogP contribution in [0.1, 0.15) is 67.8 Å². The Hall–Kier alpha value is -0.820. The third-order valence-corrected chi connectivity index (χ3v) is 4.90. The fraction of sp³-hybridized carbons (Fsp3) is 0.611. The van der Waals surface area contributed by atoms with E-state index in [2.05, 4.69) is 6.92 Å². The van der Waals surface area contributed by atoms with E-state index in [4.69, 9.17) is 11.6 Å². The molecule has 0 aliphatic heterocycles. The van der Waals surface area contributed by atoms with Crippen LogP contribution in [0.5, 0.6) is 0 Å². The van der Waals surface area contributed by atoms with Crippen molar-refractivity contribution in [3.05, 3.63) is 35.4 Å². The molecular formula is C18H25ClO. The van der Waals surface area contributed by atoms with Crippen molar-refractivity contribution in [2.75, 3.05) is 0 Å². The second kappa shape index (κ2) is 7.83. The number of rotatable bonds is 6. The van der Waals surface area contributed by atoms with Crippen LogP contribution in [0.15, 0.2) is 24.3 Å². The number of benzene rings is 1. The molecule has 2 rings (SSSR count). The number of hydrogen-bond donors (Lipinski definition) is 0. The van der Waals surface area contributed by atoms with E-state index in [1.54, 1.807) is 0 Å². The van der Waals surface area contributed by atoms with Crippen molar-refractivity contribution in [2.24, 2.45) is 11.8 Å². The van der Waals surface area contributed by atoms with Gasteiger partial charge in [-0.25, -0.2) is 0 Å². The van der Waals surface area contributed by atoms with Crippen molar-refractivity contribution in [1.29, 1.82) is 0 Å². The van der Waals surface area contributed by atoms with Crippen LogP contribution in [0.2, 0.25) is 0 Å². The molecule has 1 nitrogen and oxygen atoms in total.